The summed E-state index contributed by atoms with van der Waals surface area (Å²) < 4.78 is 0. The number of nitrogens with zero attached hydrogens (tertiary/aromatic N) is 4. The second kappa shape index (κ2) is 4.10. The van der Waals surface area contributed by atoms with E-state index in [-0.39, 0.29) is 6.04 Å². The van der Waals surface area contributed by atoms with E-state index < -0.39 is 0 Å². The molecule has 1 N–H and O–H groups in total. The summed E-state index contributed by atoms with van der Waals surface area (Å²) in [6.07, 6.45) is 5.06. The lowest BCUT2D eigenvalue weighted by atomic mass is 10.2. The third kappa shape index (κ3) is 2.02. The highest BCUT2D eigenvalue weighted by atomic mass is 32.1. The van der Waals surface area contributed by atoms with E-state index in [1.165, 1.54) is 11.3 Å². The molecule has 2 aromatic heterocycles. The summed E-state index contributed by atoms with van der Waals surface area (Å²) in [7, 11) is 0. The van der Waals surface area contributed by atoms with Gasteiger partial charge >= 0.3 is 0 Å². The van der Waals surface area contributed by atoms with Gasteiger partial charge in [0.1, 0.15) is 5.51 Å². The molecule has 0 bridgehead atoms. The van der Waals surface area contributed by atoms with E-state index in [9.17, 15) is 0 Å². The molecule has 1 atom stereocenters. The highest BCUT2D eigenvalue weighted by Gasteiger charge is 2.07. The first-order valence-electron chi connectivity index (χ1n) is 4.15. The van der Waals surface area contributed by atoms with Crippen molar-refractivity contribution in [2.45, 2.75) is 13.0 Å². The molecule has 0 aliphatic carbocycles. The van der Waals surface area contributed by atoms with Gasteiger partial charge in [-0.3, -0.25) is 9.97 Å². The van der Waals surface area contributed by atoms with Crippen LogP contribution in [0.5, 0.6) is 0 Å². The highest BCUT2D eigenvalue weighted by molar-refractivity contribution is 7.13. The largest absolute Gasteiger partial charge is 0.352 e. The van der Waals surface area contributed by atoms with E-state index in [0.717, 1.165) is 10.8 Å². The fourth-order valence-electron chi connectivity index (χ4n) is 1.03. The van der Waals surface area contributed by atoms with E-state index in [2.05, 4.69) is 25.5 Å². The Labute approximate surface area is 85.3 Å². The average molecular weight is 207 g/mol. The Kier molecular flexibility index (Phi) is 2.64. The van der Waals surface area contributed by atoms with Gasteiger partial charge in [-0.1, -0.05) is 11.3 Å². The Balaban J connectivity index is 2.07. The number of rotatable bonds is 3. The summed E-state index contributed by atoms with van der Waals surface area (Å²) in [6, 6.07) is 0.0941. The molecular weight excluding hydrogens is 198 g/mol. The van der Waals surface area contributed by atoms with Gasteiger partial charge in [0.2, 0.25) is 5.13 Å². The molecule has 0 saturated carbocycles. The quantitative estimate of drug-likeness (QED) is 0.826. The molecule has 0 aliphatic heterocycles. The predicted molar refractivity (Wildman–Crippen MR) is 54.0 cm³/mol. The number of hydrogen-bond donors (Lipinski definition) is 1. The standard InChI is InChI=1S/C8H9N5S/c1-6(7-4-9-2-3-10-7)12-8-13-11-5-14-8/h2-6H,1H3,(H,12,13). The molecule has 0 fully saturated rings. The number of hydrogen-bond acceptors (Lipinski definition) is 6. The maximum absolute atomic E-state index is 4.19. The second-order valence-electron chi connectivity index (χ2n) is 2.74. The molecular formula is C8H9N5S. The van der Waals surface area contributed by atoms with Gasteiger partial charge in [-0.05, 0) is 6.92 Å². The van der Waals surface area contributed by atoms with Crippen LogP contribution in [0.15, 0.2) is 24.1 Å². The summed E-state index contributed by atoms with van der Waals surface area (Å²) in [5.41, 5.74) is 2.58. The monoisotopic (exact) mass is 207 g/mol. The van der Waals surface area contributed by atoms with Crippen LogP contribution in [0.4, 0.5) is 5.13 Å². The van der Waals surface area contributed by atoms with Gasteiger partial charge in [0.25, 0.3) is 0 Å². The van der Waals surface area contributed by atoms with Crippen LogP contribution in [0.25, 0.3) is 0 Å². The first kappa shape index (κ1) is 9.01. The van der Waals surface area contributed by atoms with E-state index in [4.69, 9.17) is 0 Å². The SMILES string of the molecule is CC(Nc1nncs1)c1cnccn1. The summed E-state index contributed by atoms with van der Waals surface area (Å²) in [5, 5.41) is 11.6. The normalized spacial score (nSPS) is 12.4. The van der Waals surface area contributed by atoms with Gasteiger partial charge in [-0.15, -0.1) is 10.2 Å². The molecule has 0 aliphatic rings. The molecule has 2 rings (SSSR count). The smallest absolute Gasteiger partial charge is 0.205 e. The van der Waals surface area contributed by atoms with Gasteiger partial charge in [0, 0.05) is 12.4 Å². The Morgan fingerprint density at radius 2 is 2.36 bits per heavy atom. The molecule has 5 nitrogen and oxygen atoms in total. The summed E-state index contributed by atoms with van der Waals surface area (Å²) >= 11 is 1.46. The zero-order chi connectivity index (χ0) is 9.80. The van der Waals surface area contributed by atoms with Crippen molar-refractivity contribution in [2.75, 3.05) is 5.32 Å². The van der Waals surface area contributed by atoms with Crippen molar-refractivity contribution in [3.8, 4) is 0 Å². The Hall–Kier alpha value is -1.56. The minimum absolute atomic E-state index is 0.0941. The lowest BCUT2D eigenvalue weighted by molar-refractivity contribution is 0.821. The molecule has 0 amide bonds. The minimum Gasteiger partial charge on any atom is -0.352 e. The van der Waals surface area contributed by atoms with Gasteiger partial charge in [0.15, 0.2) is 0 Å². The fraction of sp³-hybridized carbons (Fsp3) is 0.250. The number of nitrogens with one attached hydrogen (secondary N) is 1. The van der Waals surface area contributed by atoms with Crippen molar-refractivity contribution < 1.29 is 0 Å². The van der Waals surface area contributed by atoms with Crippen molar-refractivity contribution in [1.29, 1.82) is 0 Å². The molecule has 72 valence electrons. The van der Waals surface area contributed by atoms with Crippen molar-refractivity contribution in [3.63, 3.8) is 0 Å². The van der Waals surface area contributed by atoms with Gasteiger partial charge in [0.05, 0.1) is 17.9 Å². The molecule has 0 spiro atoms. The van der Waals surface area contributed by atoms with Crippen molar-refractivity contribution in [1.82, 2.24) is 20.2 Å². The Morgan fingerprint density at radius 3 is 3.00 bits per heavy atom. The lowest BCUT2D eigenvalue weighted by Crippen LogP contribution is -2.08. The maximum atomic E-state index is 4.19. The van der Waals surface area contributed by atoms with Crippen molar-refractivity contribution >= 4 is 16.5 Å². The van der Waals surface area contributed by atoms with Gasteiger partial charge < -0.3 is 5.32 Å². The van der Waals surface area contributed by atoms with Crippen LogP contribution in [0.3, 0.4) is 0 Å². The molecule has 0 saturated heterocycles. The van der Waals surface area contributed by atoms with Crippen LogP contribution in [-0.4, -0.2) is 20.2 Å². The first-order valence-corrected chi connectivity index (χ1v) is 5.03. The number of anilines is 1. The summed E-state index contributed by atoms with van der Waals surface area (Å²) in [5.74, 6) is 0. The van der Waals surface area contributed by atoms with Crippen LogP contribution < -0.4 is 5.32 Å². The van der Waals surface area contributed by atoms with Crippen LogP contribution in [0, 0.1) is 0 Å². The van der Waals surface area contributed by atoms with Crippen LogP contribution in [0.2, 0.25) is 0 Å². The fourth-order valence-corrected chi connectivity index (χ4v) is 1.56. The van der Waals surface area contributed by atoms with Gasteiger partial charge in [-0.2, -0.15) is 0 Å². The lowest BCUT2D eigenvalue weighted by Gasteiger charge is -2.10. The molecule has 6 heteroatoms. The van der Waals surface area contributed by atoms with Crippen molar-refractivity contribution in [3.05, 3.63) is 29.8 Å². The molecule has 2 heterocycles. The van der Waals surface area contributed by atoms with E-state index in [0.29, 0.717) is 0 Å². The Bertz CT molecular complexity index is 374. The van der Waals surface area contributed by atoms with Crippen LogP contribution >= 0.6 is 11.3 Å². The van der Waals surface area contributed by atoms with Crippen LogP contribution in [-0.2, 0) is 0 Å². The Morgan fingerprint density at radius 1 is 1.43 bits per heavy atom. The van der Waals surface area contributed by atoms with Gasteiger partial charge in [-0.25, -0.2) is 0 Å². The third-order valence-corrected chi connectivity index (χ3v) is 2.35. The highest BCUT2D eigenvalue weighted by Crippen LogP contribution is 2.17. The zero-order valence-electron chi connectivity index (χ0n) is 7.58. The zero-order valence-corrected chi connectivity index (χ0v) is 8.40. The molecule has 1 unspecified atom stereocenters. The van der Waals surface area contributed by atoms with E-state index >= 15 is 0 Å². The van der Waals surface area contributed by atoms with E-state index in [1.54, 1.807) is 24.1 Å². The second-order valence-corrected chi connectivity index (χ2v) is 3.57. The number of aromatic nitrogens is 4. The molecule has 0 aromatic carbocycles. The maximum Gasteiger partial charge on any atom is 0.205 e. The minimum atomic E-state index is 0.0941. The molecule has 14 heavy (non-hydrogen) atoms. The first-order chi connectivity index (χ1) is 6.86. The summed E-state index contributed by atoms with van der Waals surface area (Å²) in [6.45, 7) is 2.01. The van der Waals surface area contributed by atoms with Crippen molar-refractivity contribution in [2.24, 2.45) is 0 Å². The topological polar surface area (TPSA) is 63.6 Å². The average Bonchev–Trinajstić information content (AvgIpc) is 2.72. The molecule has 2 aromatic rings. The predicted octanol–water partition coefficient (Wildman–Crippen LogP) is 1.50. The van der Waals surface area contributed by atoms with E-state index in [1.807, 2.05) is 6.92 Å². The van der Waals surface area contributed by atoms with Crippen LogP contribution in [0.1, 0.15) is 18.7 Å². The molecule has 0 radical (unpaired) electrons. The summed E-state index contributed by atoms with van der Waals surface area (Å²) in [4.78, 5) is 8.19. The third-order valence-electron chi connectivity index (χ3n) is 1.73.